The summed E-state index contributed by atoms with van der Waals surface area (Å²) in [6, 6.07) is 9.13. The van der Waals surface area contributed by atoms with E-state index >= 15 is 0 Å². The maximum absolute atomic E-state index is 11.3. The molecule has 2 N–H and O–H groups in total. The Morgan fingerprint density at radius 1 is 1.25 bits per heavy atom. The zero-order valence-corrected chi connectivity index (χ0v) is 8.84. The van der Waals surface area contributed by atoms with Crippen LogP contribution in [0.1, 0.15) is 16.2 Å². The van der Waals surface area contributed by atoms with Crippen LogP contribution in [0.3, 0.4) is 0 Å². The van der Waals surface area contributed by atoms with E-state index in [-0.39, 0.29) is 5.69 Å². The van der Waals surface area contributed by atoms with E-state index in [2.05, 4.69) is 9.97 Å². The molecule has 4 nitrogen and oxygen atoms in total. The molecule has 0 unspecified atom stereocenters. The van der Waals surface area contributed by atoms with Gasteiger partial charge in [-0.1, -0.05) is 6.07 Å². The van der Waals surface area contributed by atoms with E-state index in [1.807, 2.05) is 37.3 Å². The Hall–Kier alpha value is -2.23. The van der Waals surface area contributed by atoms with Gasteiger partial charge in [0, 0.05) is 17.5 Å². The molecule has 0 aromatic carbocycles. The summed E-state index contributed by atoms with van der Waals surface area (Å²) in [6.45, 7) is 1.81. The van der Waals surface area contributed by atoms with Gasteiger partial charge in [0.15, 0.2) is 0 Å². The molecule has 0 aliphatic carbocycles. The first kappa shape index (κ1) is 10.3. The van der Waals surface area contributed by atoms with Gasteiger partial charge in [0.2, 0.25) is 0 Å². The maximum atomic E-state index is 11.3. The quantitative estimate of drug-likeness (QED) is 0.822. The highest BCUT2D eigenvalue weighted by Crippen LogP contribution is 2.19. The Morgan fingerprint density at radius 2 is 2.06 bits per heavy atom. The lowest BCUT2D eigenvalue weighted by Gasteiger charge is -2.05. The monoisotopic (exact) mass is 213 g/mol. The number of amides is 1. The minimum absolute atomic E-state index is 0.263. The van der Waals surface area contributed by atoms with Crippen molar-refractivity contribution in [2.24, 2.45) is 5.73 Å². The molecule has 0 atom stereocenters. The van der Waals surface area contributed by atoms with Crippen LogP contribution in [0.5, 0.6) is 0 Å². The number of aryl methyl sites for hydroxylation is 1. The minimum atomic E-state index is -0.538. The number of rotatable bonds is 2. The third-order valence-corrected chi connectivity index (χ3v) is 2.21. The van der Waals surface area contributed by atoms with Crippen LogP contribution in [-0.4, -0.2) is 15.9 Å². The fraction of sp³-hybridized carbons (Fsp3) is 0.0833. The van der Waals surface area contributed by atoms with E-state index in [9.17, 15) is 4.79 Å². The smallest absolute Gasteiger partial charge is 0.268 e. The average molecular weight is 213 g/mol. The fourth-order valence-corrected chi connectivity index (χ4v) is 1.47. The predicted molar refractivity (Wildman–Crippen MR) is 60.7 cm³/mol. The van der Waals surface area contributed by atoms with E-state index in [1.165, 1.54) is 0 Å². The Balaban J connectivity index is 2.61. The van der Waals surface area contributed by atoms with Crippen LogP contribution in [0.2, 0.25) is 0 Å². The molecule has 0 aliphatic heterocycles. The molecule has 0 saturated carbocycles. The molecule has 0 spiro atoms. The van der Waals surface area contributed by atoms with Crippen molar-refractivity contribution in [1.29, 1.82) is 0 Å². The highest BCUT2D eigenvalue weighted by Gasteiger charge is 2.12. The first-order valence-corrected chi connectivity index (χ1v) is 4.87. The highest BCUT2D eigenvalue weighted by molar-refractivity contribution is 5.97. The summed E-state index contributed by atoms with van der Waals surface area (Å²) in [5.74, 6) is -0.538. The van der Waals surface area contributed by atoms with Gasteiger partial charge in [-0.05, 0) is 31.2 Å². The van der Waals surface area contributed by atoms with E-state index in [4.69, 9.17) is 5.73 Å². The molecule has 0 bridgehead atoms. The Morgan fingerprint density at radius 3 is 2.69 bits per heavy atom. The SMILES string of the molecule is Cc1ccc(-c2ccccn2)c(C(N)=O)n1. The van der Waals surface area contributed by atoms with Crippen molar-refractivity contribution in [3.8, 4) is 11.3 Å². The Kier molecular flexibility index (Phi) is 2.64. The van der Waals surface area contributed by atoms with Gasteiger partial charge >= 0.3 is 0 Å². The first-order chi connectivity index (χ1) is 7.68. The topological polar surface area (TPSA) is 68.9 Å². The van der Waals surface area contributed by atoms with Gasteiger partial charge < -0.3 is 5.73 Å². The van der Waals surface area contributed by atoms with Crippen molar-refractivity contribution in [2.45, 2.75) is 6.92 Å². The van der Waals surface area contributed by atoms with Gasteiger partial charge in [0.05, 0.1) is 5.69 Å². The standard InChI is InChI=1S/C12H11N3O/c1-8-5-6-9(11(15-8)12(13)16)10-4-2-3-7-14-10/h2-7H,1H3,(H2,13,16). The van der Waals surface area contributed by atoms with Gasteiger partial charge in [-0.2, -0.15) is 0 Å². The van der Waals surface area contributed by atoms with E-state index in [0.29, 0.717) is 11.3 Å². The molecular formula is C12H11N3O. The van der Waals surface area contributed by atoms with Crippen molar-refractivity contribution >= 4 is 5.91 Å². The summed E-state index contributed by atoms with van der Waals surface area (Å²) in [7, 11) is 0. The van der Waals surface area contributed by atoms with Gasteiger partial charge in [-0.25, -0.2) is 4.98 Å². The van der Waals surface area contributed by atoms with Gasteiger partial charge in [-0.3, -0.25) is 9.78 Å². The molecule has 4 heteroatoms. The number of hydrogen-bond donors (Lipinski definition) is 1. The first-order valence-electron chi connectivity index (χ1n) is 4.87. The number of nitrogens with two attached hydrogens (primary N) is 1. The fourth-order valence-electron chi connectivity index (χ4n) is 1.47. The molecule has 16 heavy (non-hydrogen) atoms. The molecule has 1 amide bonds. The molecule has 80 valence electrons. The van der Waals surface area contributed by atoms with Crippen LogP contribution < -0.4 is 5.73 Å². The van der Waals surface area contributed by atoms with Crippen molar-refractivity contribution in [1.82, 2.24) is 9.97 Å². The van der Waals surface area contributed by atoms with Gasteiger partial charge in [0.25, 0.3) is 5.91 Å². The number of primary amides is 1. The van der Waals surface area contributed by atoms with Crippen LogP contribution in [-0.2, 0) is 0 Å². The number of hydrogen-bond acceptors (Lipinski definition) is 3. The molecule has 2 heterocycles. The Labute approximate surface area is 93.2 Å². The number of nitrogens with zero attached hydrogens (tertiary/aromatic N) is 2. The summed E-state index contributed by atoms with van der Waals surface area (Å²) >= 11 is 0. The normalized spacial score (nSPS) is 10.1. The van der Waals surface area contributed by atoms with E-state index < -0.39 is 5.91 Å². The number of carbonyl (C=O) groups is 1. The van der Waals surface area contributed by atoms with Crippen LogP contribution >= 0.6 is 0 Å². The van der Waals surface area contributed by atoms with Crippen LogP contribution in [0.25, 0.3) is 11.3 Å². The zero-order chi connectivity index (χ0) is 11.5. The second kappa shape index (κ2) is 4.10. The summed E-state index contributed by atoms with van der Waals surface area (Å²) in [6.07, 6.45) is 1.67. The van der Waals surface area contributed by atoms with Crippen molar-refractivity contribution in [3.05, 3.63) is 47.9 Å². The summed E-state index contributed by atoms with van der Waals surface area (Å²) in [5, 5.41) is 0. The van der Waals surface area contributed by atoms with Gasteiger partial charge in [-0.15, -0.1) is 0 Å². The molecular weight excluding hydrogens is 202 g/mol. The van der Waals surface area contributed by atoms with Crippen LogP contribution in [0.15, 0.2) is 36.5 Å². The van der Waals surface area contributed by atoms with E-state index in [0.717, 1.165) is 5.69 Å². The zero-order valence-electron chi connectivity index (χ0n) is 8.84. The van der Waals surface area contributed by atoms with E-state index in [1.54, 1.807) is 6.20 Å². The summed E-state index contributed by atoms with van der Waals surface area (Å²) < 4.78 is 0. The number of carbonyl (C=O) groups excluding carboxylic acids is 1. The molecule has 0 fully saturated rings. The molecule has 0 aliphatic rings. The number of aromatic nitrogens is 2. The number of pyridine rings is 2. The molecule has 0 radical (unpaired) electrons. The third kappa shape index (κ3) is 1.91. The average Bonchev–Trinajstić information content (AvgIpc) is 2.30. The second-order valence-electron chi connectivity index (χ2n) is 3.43. The lowest BCUT2D eigenvalue weighted by Crippen LogP contribution is -2.15. The molecule has 2 aromatic rings. The molecule has 0 saturated heterocycles. The predicted octanol–water partition coefficient (Wildman–Crippen LogP) is 1.55. The van der Waals surface area contributed by atoms with Crippen LogP contribution in [0.4, 0.5) is 0 Å². The van der Waals surface area contributed by atoms with Crippen molar-refractivity contribution in [2.75, 3.05) is 0 Å². The summed E-state index contributed by atoms with van der Waals surface area (Å²) in [4.78, 5) is 19.6. The minimum Gasteiger partial charge on any atom is -0.364 e. The summed E-state index contributed by atoms with van der Waals surface area (Å²) in [5.41, 5.74) is 7.68. The van der Waals surface area contributed by atoms with Crippen molar-refractivity contribution < 1.29 is 4.79 Å². The molecule has 2 aromatic heterocycles. The lowest BCUT2D eigenvalue weighted by atomic mass is 10.1. The van der Waals surface area contributed by atoms with Gasteiger partial charge in [0.1, 0.15) is 5.69 Å². The Bertz CT molecular complexity index is 523. The second-order valence-corrected chi connectivity index (χ2v) is 3.43. The lowest BCUT2D eigenvalue weighted by molar-refractivity contribution is 0.0996. The molecule has 2 rings (SSSR count). The maximum Gasteiger partial charge on any atom is 0.268 e. The van der Waals surface area contributed by atoms with Crippen LogP contribution in [0, 0.1) is 6.92 Å². The third-order valence-electron chi connectivity index (χ3n) is 2.21. The largest absolute Gasteiger partial charge is 0.364 e. The van der Waals surface area contributed by atoms with Crippen molar-refractivity contribution in [3.63, 3.8) is 0 Å². The highest BCUT2D eigenvalue weighted by atomic mass is 16.1.